The van der Waals surface area contributed by atoms with Crippen LogP contribution in [0.15, 0.2) is 96.6 Å². The number of nitrogens with one attached hydrogen (secondary N) is 1. The number of carboxylic acid groups (broad SMARTS) is 1. The summed E-state index contributed by atoms with van der Waals surface area (Å²) < 4.78 is 6.01. The second-order valence-electron chi connectivity index (χ2n) is 7.52. The van der Waals surface area contributed by atoms with E-state index in [1.54, 1.807) is 24.3 Å². The highest BCUT2D eigenvalue weighted by atomic mass is 16.5. The third-order valence-corrected chi connectivity index (χ3v) is 5.16. The van der Waals surface area contributed by atoms with E-state index >= 15 is 0 Å². The number of rotatable bonds is 7. The number of hydrogen-bond donors (Lipinski definition) is 2. The zero-order valence-corrected chi connectivity index (χ0v) is 18.1. The molecule has 6 nitrogen and oxygen atoms in total. The van der Waals surface area contributed by atoms with Gasteiger partial charge < -0.3 is 15.2 Å². The SMILES string of the molecule is N#C/C(=C/c1ccccc1OCc1ccc2ccccc2c1)C(=O)Nc1cccc(C(=O)O)c1. The Balaban J connectivity index is 1.52. The predicted molar refractivity (Wildman–Crippen MR) is 130 cm³/mol. The predicted octanol–water partition coefficient (Wildman–Crippen LogP) is 5.66. The van der Waals surface area contributed by atoms with Gasteiger partial charge in [-0.25, -0.2) is 4.79 Å². The Morgan fingerprint density at radius 2 is 1.68 bits per heavy atom. The maximum absolute atomic E-state index is 12.7. The molecule has 0 saturated carbocycles. The van der Waals surface area contributed by atoms with Crippen LogP contribution in [-0.4, -0.2) is 17.0 Å². The third-order valence-electron chi connectivity index (χ3n) is 5.16. The minimum atomic E-state index is -1.11. The highest BCUT2D eigenvalue weighted by Crippen LogP contribution is 2.24. The van der Waals surface area contributed by atoms with E-state index in [0.717, 1.165) is 16.3 Å². The van der Waals surface area contributed by atoms with Crippen molar-refractivity contribution in [1.29, 1.82) is 5.26 Å². The average molecular weight is 448 g/mol. The molecule has 6 heteroatoms. The van der Waals surface area contributed by atoms with Crippen LogP contribution in [0.3, 0.4) is 0 Å². The van der Waals surface area contributed by atoms with Gasteiger partial charge in [-0.15, -0.1) is 0 Å². The highest BCUT2D eigenvalue weighted by molar-refractivity contribution is 6.10. The molecule has 0 heterocycles. The maximum atomic E-state index is 12.7. The van der Waals surface area contributed by atoms with Gasteiger partial charge in [-0.05, 0) is 52.7 Å². The van der Waals surface area contributed by atoms with E-state index < -0.39 is 11.9 Å². The highest BCUT2D eigenvalue weighted by Gasteiger charge is 2.13. The van der Waals surface area contributed by atoms with Gasteiger partial charge in [-0.3, -0.25) is 4.79 Å². The van der Waals surface area contributed by atoms with Gasteiger partial charge in [0.05, 0.1) is 5.56 Å². The number of aromatic carboxylic acids is 1. The molecule has 0 atom stereocenters. The number of nitrogens with zero attached hydrogens (tertiary/aromatic N) is 1. The lowest BCUT2D eigenvalue weighted by molar-refractivity contribution is -0.112. The van der Waals surface area contributed by atoms with E-state index in [2.05, 4.69) is 11.4 Å². The Hall–Kier alpha value is -4.89. The Morgan fingerprint density at radius 1 is 0.912 bits per heavy atom. The van der Waals surface area contributed by atoms with Crippen molar-refractivity contribution in [3.05, 3.63) is 113 Å². The molecule has 1 amide bonds. The van der Waals surface area contributed by atoms with Crippen LogP contribution in [0.5, 0.6) is 5.75 Å². The standard InChI is InChI=1S/C28H20N2O4/c29-17-24(27(31)30-25-10-5-9-23(16-25)28(32)33)15-22-8-3-4-11-26(22)34-18-19-12-13-20-6-1-2-7-21(20)14-19/h1-16H,18H2,(H,30,31)(H,32,33)/b24-15-. The Labute approximate surface area is 196 Å². The van der Waals surface area contributed by atoms with Gasteiger partial charge in [0.1, 0.15) is 24.0 Å². The van der Waals surface area contributed by atoms with E-state index in [-0.39, 0.29) is 16.8 Å². The minimum Gasteiger partial charge on any atom is -0.488 e. The first-order valence-electron chi connectivity index (χ1n) is 10.5. The van der Waals surface area contributed by atoms with Crippen molar-refractivity contribution in [3.63, 3.8) is 0 Å². The fourth-order valence-corrected chi connectivity index (χ4v) is 3.45. The number of para-hydroxylation sites is 1. The molecule has 2 N–H and O–H groups in total. The lowest BCUT2D eigenvalue weighted by atomic mass is 10.1. The molecule has 0 aliphatic heterocycles. The monoisotopic (exact) mass is 448 g/mol. The van der Waals surface area contributed by atoms with Crippen LogP contribution in [0.25, 0.3) is 16.8 Å². The van der Waals surface area contributed by atoms with Gasteiger partial charge in [-0.2, -0.15) is 5.26 Å². The normalized spacial score (nSPS) is 11.0. The molecule has 0 aromatic heterocycles. The molecule has 0 radical (unpaired) electrons. The number of ether oxygens (including phenoxy) is 1. The van der Waals surface area contributed by atoms with Crippen molar-refractivity contribution in [3.8, 4) is 11.8 Å². The molecular weight excluding hydrogens is 428 g/mol. The zero-order chi connectivity index (χ0) is 23.9. The van der Waals surface area contributed by atoms with Crippen molar-refractivity contribution >= 4 is 34.4 Å². The molecular formula is C28H20N2O4. The number of carboxylic acids is 1. The molecule has 0 spiro atoms. The fourth-order valence-electron chi connectivity index (χ4n) is 3.45. The number of fused-ring (bicyclic) bond motifs is 1. The van der Waals surface area contributed by atoms with Crippen molar-refractivity contribution < 1.29 is 19.4 Å². The first-order valence-corrected chi connectivity index (χ1v) is 10.5. The lowest BCUT2D eigenvalue weighted by Gasteiger charge is -2.11. The average Bonchev–Trinajstić information content (AvgIpc) is 2.86. The van der Waals surface area contributed by atoms with E-state index in [4.69, 9.17) is 9.84 Å². The van der Waals surface area contributed by atoms with Gasteiger partial charge in [0.2, 0.25) is 0 Å². The van der Waals surface area contributed by atoms with Crippen LogP contribution in [-0.2, 0) is 11.4 Å². The van der Waals surface area contributed by atoms with Gasteiger partial charge in [0.25, 0.3) is 5.91 Å². The van der Waals surface area contributed by atoms with Crippen LogP contribution in [0.4, 0.5) is 5.69 Å². The van der Waals surface area contributed by atoms with Crippen LogP contribution >= 0.6 is 0 Å². The van der Waals surface area contributed by atoms with Crippen LogP contribution in [0.2, 0.25) is 0 Å². The summed E-state index contributed by atoms with van der Waals surface area (Å²) >= 11 is 0. The van der Waals surface area contributed by atoms with Crippen molar-refractivity contribution in [2.24, 2.45) is 0 Å². The number of hydrogen-bond acceptors (Lipinski definition) is 4. The van der Waals surface area contributed by atoms with E-state index in [1.165, 1.54) is 24.3 Å². The van der Waals surface area contributed by atoms with Gasteiger partial charge in [-0.1, -0.05) is 60.7 Å². The first kappa shape index (κ1) is 22.3. The quantitative estimate of drug-likeness (QED) is 0.281. The van der Waals surface area contributed by atoms with Crippen molar-refractivity contribution in [2.75, 3.05) is 5.32 Å². The number of carbonyl (C=O) groups is 2. The summed E-state index contributed by atoms with van der Waals surface area (Å²) in [5, 5.41) is 23.5. The molecule has 0 aliphatic rings. The summed E-state index contributed by atoms with van der Waals surface area (Å²) in [6, 6.07) is 29.0. The second kappa shape index (κ2) is 10.2. The number of nitriles is 1. The van der Waals surface area contributed by atoms with Crippen LogP contribution in [0.1, 0.15) is 21.5 Å². The molecule has 166 valence electrons. The molecule has 0 aliphatic carbocycles. The van der Waals surface area contributed by atoms with Crippen molar-refractivity contribution in [1.82, 2.24) is 0 Å². The number of amides is 1. The Morgan fingerprint density at radius 3 is 2.47 bits per heavy atom. The summed E-state index contributed by atoms with van der Waals surface area (Å²) in [5.41, 5.74) is 1.76. The topological polar surface area (TPSA) is 99.4 Å². The van der Waals surface area contributed by atoms with E-state index in [9.17, 15) is 14.9 Å². The molecule has 0 fully saturated rings. The molecule has 34 heavy (non-hydrogen) atoms. The molecule has 4 rings (SSSR count). The smallest absolute Gasteiger partial charge is 0.335 e. The van der Waals surface area contributed by atoms with Crippen molar-refractivity contribution in [2.45, 2.75) is 6.61 Å². The third kappa shape index (κ3) is 5.29. The summed E-state index contributed by atoms with van der Waals surface area (Å²) in [6.45, 7) is 0.325. The lowest BCUT2D eigenvalue weighted by Crippen LogP contribution is -2.14. The summed E-state index contributed by atoms with van der Waals surface area (Å²) in [7, 11) is 0. The van der Waals surface area contributed by atoms with E-state index in [1.807, 2.05) is 48.5 Å². The van der Waals surface area contributed by atoms with Gasteiger partial charge in [0.15, 0.2) is 0 Å². The van der Waals surface area contributed by atoms with E-state index in [0.29, 0.717) is 17.9 Å². The summed E-state index contributed by atoms with van der Waals surface area (Å²) in [4.78, 5) is 23.8. The molecule has 0 bridgehead atoms. The fraction of sp³-hybridized carbons (Fsp3) is 0.0357. The Kier molecular flexibility index (Phi) is 6.66. The van der Waals surface area contributed by atoms with Crippen LogP contribution < -0.4 is 10.1 Å². The number of benzene rings is 4. The molecule has 0 unspecified atom stereocenters. The largest absolute Gasteiger partial charge is 0.488 e. The minimum absolute atomic E-state index is 0.0349. The molecule has 4 aromatic carbocycles. The molecule has 4 aromatic rings. The number of carbonyl (C=O) groups excluding carboxylic acids is 1. The molecule has 0 saturated heterocycles. The number of anilines is 1. The van der Waals surface area contributed by atoms with Gasteiger partial charge in [0, 0.05) is 11.3 Å². The van der Waals surface area contributed by atoms with Crippen LogP contribution in [0, 0.1) is 11.3 Å². The Bertz CT molecular complexity index is 1450. The first-order chi connectivity index (χ1) is 16.5. The second-order valence-corrected chi connectivity index (χ2v) is 7.52. The summed E-state index contributed by atoms with van der Waals surface area (Å²) in [5.74, 6) is -1.22. The summed E-state index contributed by atoms with van der Waals surface area (Å²) in [6.07, 6.45) is 1.45. The van der Waals surface area contributed by atoms with Gasteiger partial charge >= 0.3 is 5.97 Å². The zero-order valence-electron chi connectivity index (χ0n) is 18.1. The maximum Gasteiger partial charge on any atom is 0.335 e.